The zero-order valence-corrected chi connectivity index (χ0v) is 46.7. The molecule has 0 saturated heterocycles. The van der Waals surface area contributed by atoms with Gasteiger partial charge in [0.25, 0.3) is 0 Å². The van der Waals surface area contributed by atoms with Crippen molar-refractivity contribution < 1.29 is 0 Å². The SMILES string of the molecule is PCC1CCCCCCC1.PCC1CCCCCCCCCCC1.PCC1CCCCCCCCCCCCCC1.PCC1CCCCCCCCCCCCCCCCC1. The van der Waals surface area contributed by atoms with Gasteiger partial charge < -0.3 is 0 Å². The minimum absolute atomic E-state index is 0.999. The lowest BCUT2D eigenvalue weighted by Gasteiger charge is -2.16. The molecule has 4 unspecified atom stereocenters. The lowest BCUT2D eigenvalue weighted by atomic mass is 9.93. The lowest BCUT2D eigenvalue weighted by Crippen LogP contribution is -2.04. The summed E-state index contributed by atoms with van der Waals surface area (Å²) < 4.78 is 0. The van der Waals surface area contributed by atoms with Gasteiger partial charge in [-0.1, -0.05) is 315 Å². The molecule has 61 heavy (non-hydrogen) atoms. The van der Waals surface area contributed by atoms with Crippen LogP contribution in [0.15, 0.2) is 0 Å². The number of hydrogen-bond donors (Lipinski definition) is 0. The van der Waals surface area contributed by atoms with Crippen LogP contribution in [-0.4, -0.2) is 24.6 Å². The molecule has 4 aliphatic rings. The van der Waals surface area contributed by atoms with Crippen LogP contribution in [0, 0.1) is 23.7 Å². The summed E-state index contributed by atoms with van der Waals surface area (Å²) in [5, 5.41) is 0. The molecule has 0 aromatic heterocycles. The second-order valence-corrected chi connectivity index (χ2v) is 23.1. The fourth-order valence-corrected chi connectivity index (χ4v) is 12.7. The summed E-state index contributed by atoms with van der Waals surface area (Å²) >= 11 is 0. The molecule has 0 aromatic carbocycles. The first-order chi connectivity index (χ1) is 30.2. The molecule has 4 fully saturated rings. The molecule has 4 rings (SSSR count). The van der Waals surface area contributed by atoms with Gasteiger partial charge in [-0.3, -0.25) is 0 Å². The molecule has 4 aliphatic carbocycles. The van der Waals surface area contributed by atoms with Crippen LogP contribution in [0.2, 0.25) is 0 Å². The van der Waals surface area contributed by atoms with Gasteiger partial charge in [0.2, 0.25) is 0 Å². The highest BCUT2D eigenvalue weighted by atomic mass is 31.0. The van der Waals surface area contributed by atoms with Crippen LogP contribution in [0.5, 0.6) is 0 Å². The van der Waals surface area contributed by atoms with Gasteiger partial charge in [-0.25, -0.2) is 0 Å². The largest absolute Gasteiger partial charge is 0.137 e. The molecule has 0 aliphatic heterocycles. The molecule has 0 nitrogen and oxygen atoms in total. The van der Waals surface area contributed by atoms with Crippen molar-refractivity contribution in [3.8, 4) is 0 Å². The fraction of sp³-hybridized carbons (Fsp3) is 1.00. The first-order valence-electron chi connectivity index (χ1n) is 29.0. The predicted octanol–water partition coefficient (Wildman–Crippen LogP) is 21.1. The molecule has 0 heterocycles. The van der Waals surface area contributed by atoms with Crippen LogP contribution in [0.3, 0.4) is 0 Å². The zero-order chi connectivity index (χ0) is 43.8. The van der Waals surface area contributed by atoms with E-state index in [9.17, 15) is 0 Å². The molecule has 0 N–H and O–H groups in total. The molecular weight excluding hydrogens is 809 g/mol. The summed E-state index contributed by atoms with van der Waals surface area (Å²) in [6.07, 6.45) is 78.3. The average Bonchev–Trinajstić information content (AvgIpc) is 3.27. The zero-order valence-electron chi connectivity index (χ0n) is 42.1. The topological polar surface area (TPSA) is 0 Å². The van der Waals surface area contributed by atoms with Gasteiger partial charge in [0.15, 0.2) is 0 Å². The maximum absolute atomic E-state index is 2.99. The molecule has 4 heteroatoms. The molecule has 0 spiro atoms. The van der Waals surface area contributed by atoms with Crippen molar-refractivity contribution in [3.63, 3.8) is 0 Å². The van der Waals surface area contributed by atoms with Crippen molar-refractivity contribution in [2.24, 2.45) is 23.7 Å². The third kappa shape index (κ3) is 44.0. The van der Waals surface area contributed by atoms with Crippen molar-refractivity contribution in [3.05, 3.63) is 0 Å². The van der Waals surface area contributed by atoms with Gasteiger partial charge in [-0.05, 0) is 48.3 Å². The monoisotopic (exact) mass is 927 g/mol. The quantitative estimate of drug-likeness (QED) is 0.247. The van der Waals surface area contributed by atoms with E-state index in [0.29, 0.717) is 0 Å². The standard InChI is InChI=1S/C19H39P.C16H33P.C13H27P.C9H19P/c20-18-19-16-14-12-10-8-6-4-2-1-3-5-7-9-11-13-15-17-19;17-15-16-13-11-9-7-5-3-1-2-4-6-8-10-12-14-16;14-12-13-10-8-6-4-2-1-3-5-7-9-11-13;10-8-9-6-4-2-1-3-5-7-9/h19H,1-18,20H2;16H,1-15,17H2;13H,1-12,14H2;9H,1-8,10H2. The number of hydrogen-bond acceptors (Lipinski definition) is 0. The van der Waals surface area contributed by atoms with Crippen molar-refractivity contribution in [1.29, 1.82) is 0 Å². The van der Waals surface area contributed by atoms with Gasteiger partial charge in [0.1, 0.15) is 0 Å². The summed E-state index contributed by atoms with van der Waals surface area (Å²) in [4.78, 5) is 0. The highest BCUT2D eigenvalue weighted by molar-refractivity contribution is 7.16. The van der Waals surface area contributed by atoms with E-state index < -0.39 is 0 Å². The Bertz CT molecular complexity index is 750. The van der Waals surface area contributed by atoms with Crippen LogP contribution in [-0.2, 0) is 0 Å². The molecular formula is C57H118P4. The molecule has 0 aromatic rings. The normalized spacial score (nSPS) is 23.8. The summed E-state index contributed by atoms with van der Waals surface area (Å²) in [5.41, 5.74) is 0. The van der Waals surface area contributed by atoms with Crippen molar-refractivity contribution in [1.82, 2.24) is 0 Å². The second-order valence-electron chi connectivity index (χ2n) is 21.2. The van der Waals surface area contributed by atoms with Crippen molar-refractivity contribution >= 4 is 37.0 Å². The highest BCUT2D eigenvalue weighted by Gasteiger charge is 2.10. The van der Waals surface area contributed by atoms with E-state index in [2.05, 4.69) is 37.0 Å². The first kappa shape index (κ1) is 60.7. The maximum Gasteiger partial charge on any atom is -0.0353 e. The molecule has 4 atom stereocenters. The number of rotatable bonds is 4. The predicted molar refractivity (Wildman–Crippen MR) is 299 cm³/mol. The summed E-state index contributed by atoms with van der Waals surface area (Å²) in [6, 6.07) is 0. The third-order valence-corrected chi connectivity index (χ3v) is 18.1. The fourth-order valence-electron chi connectivity index (χ4n) is 10.8. The average molecular weight is 927 g/mol. The van der Waals surface area contributed by atoms with E-state index in [0.717, 1.165) is 23.7 Å². The Kier molecular flexibility index (Phi) is 50.9. The van der Waals surface area contributed by atoms with Crippen molar-refractivity contribution in [2.75, 3.05) is 24.6 Å². The Balaban J connectivity index is 0.000000417. The van der Waals surface area contributed by atoms with Crippen LogP contribution in [0.4, 0.5) is 0 Å². The van der Waals surface area contributed by atoms with E-state index in [-0.39, 0.29) is 0 Å². The minimum Gasteiger partial charge on any atom is -0.137 e. The van der Waals surface area contributed by atoms with E-state index in [1.807, 2.05) is 0 Å². The van der Waals surface area contributed by atoms with Gasteiger partial charge in [0.05, 0.1) is 0 Å². The minimum atomic E-state index is 0.999. The second kappa shape index (κ2) is 51.1. The Labute approximate surface area is 397 Å². The van der Waals surface area contributed by atoms with Crippen LogP contribution in [0.25, 0.3) is 0 Å². The van der Waals surface area contributed by atoms with Crippen molar-refractivity contribution in [2.45, 2.75) is 315 Å². The van der Waals surface area contributed by atoms with Gasteiger partial charge >= 0.3 is 0 Å². The summed E-state index contributed by atoms with van der Waals surface area (Å²) in [6.45, 7) is 0. The summed E-state index contributed by atoms with van der Waals surface area (Å²) in [5.74, 6) is 4.05. The molecule has 4 saturated carbocycles. The third-order valence-electron chi connectivity index (χ3n) is 15.5. The van der Waals surface area contributed by atoms with Gasteiger partial charge in [-0.15, -0.1) is 37.0 Å². The molecule has 0 bridgehead atoms. The van der Waals surface area contributed by atoms with Crippen LogP contribution in [0.1, 0.15) is 315 Å². The Morgan fingerprint density at radius 1 is 0.148 bits per heavy atom. The van der Waals surface area contributed by atoms with E-state index in [1.165, 1.54) is 339 Å². The molecule has 366 valence electrons. The summed E-state index contributed by atoms with van der Waals surface area (Å²) in [7, 11) is 11.8. The van der Waals surface area contributed by atoms with Gasteiger partial charge in [-0.2, -0.15) is 0 Å². The van der Waals surface area contributed by atoms with Gasteiger partial charge in [0, 0.05) is 0 Å². The van der Waals surface area contributed by atoms with E-state index in [4.69, 9.17) is 0 Å². The lowest BCUT2D eigenvalue weighted by molar-refractivity contribution is 0.409. The Hall–Kier alpha value is 1.72. The Morgan fingerprint density at radius 3 is 0.311 bits per heavy atom. The van der Waals surface area contributed by atoms with Crippen LogP contribution >= 0.6 is 37.0 Å². The molecule has 0 amide bonds. The first-order valence-corrected chi connectivity index (χ1v) is 32.3. The molecule has 0 radical (unpaired) electrons. The Morgan fingerprint density at radius 2 is 0.230 bits per heavy atom. The maximum atomic E-state index is 2.99. The van der Waals surface area contributed by atoms with E-state index in [1.54, 1.807) is 0 Å². The van der Waals surface area contributed by atoms with E-state index >= 15 is 0 Å². The highest BCUT2D eigenvalue weighted by Crippen LogP contribution is 2.26. The smallest absolute Gasteiger partial charge is 0.0353 e. The van der Waals surface area contributed by atoms with Crippen LogP contribution < -0.4 is 0 Å².